The van der Waals surface area contributed by atoms with Crippen LogP contribution in [0.4, 0.5) is 0 Å². The van der Waals surface area contributed by atoms with Crippen LogP contribution in [0, 0.1) is 11.3 Å². The van der Waals surface area contributed by atoms with Crippen molar-refractivity contribution in [2.24, 2.45) is 0 Å². The number of esters is 1. The third kappa shape index (κ3) is 5.47. The van der Waals surface area contributed by atoms with Gasteiger partial charge in [0, 0.05) is 12.5 Å². The van der Waals surface area contributed by atoms with Gasteiger partial charge in [0.25, 0.3) is 5.91 Å². The van der Waals surface area contributed by atoms with Crippen LogP contribution in [0.5, 0.6) is 11.5 Å². The van der Waals surface area contributed by atoms with Crippen molar-refractivity contribution in [3.8, 4) is 17.6 Å². The van der Waals surface area contributed by atoms with E-state index in [1.165, 1.54) is 13.2 Å². The molecule has 0 fully saturated rings. The molecule has 0 radical (unpaired) electrons. The maximum Gasteiger partial charge on any atom is 0.311 e. The van der Waals surface area contributed by atoms with Crippen molar-refractivity contribution in [1.82, 2.24) is 5.32 Å². The molecule has 0 aliphatic carbocycles. The Labute approximate surface area is 135 Å². The third-order valence-corrected chi connectivity index (χ3v) is 2.80. The molecule has 0 aliphatic heterocycles. The van der Waals surface area contributed by atoms with Gasteiger partial charge in [-0.1, -0.05) is 13.0 Å². The quantitative estimate of drug-likeness (QED) is 0.377. The molecular formula is C17H20N2O4. The molecule has 0 aromatic heterocycles. The Morgan fingerprint density at radius 2 is 2.04 bits per heavy atom. The van der Waals surface area contributed by atoms with Crippen molar-refractivity contribution in [3.05, 3.63) is 29.3 Å². The van der Waals surface area contributed by atoms with Crippen molar-refractivity contribution < 1.29 is 19.1 Å². The SMILES string of the molecule is CCC(=O)Oc1ccc(/C=C(\C#N)C(=O)NC(C)C)cc1OC. The lowest BCUT2D eigenvalue weighted by molar-refractivity contribution is -0.134. The number of rotatable bonds is 6. The van der Waals surface area contributed by atoms with Gasteiger partial charge < -0.3 is 14.8 Å². The first-order valence-corrected chi connectivity index (χ1v) is 7.22. The van der Waals surface area contributed by atoms with Gasteiger partial charge in [-0.05, 0) is 37.6 Å². The van der Waals surface area contributed by atoms with Gasteiger partial charge in [0.1, 0.15) is 11.6 Å². The standard InChI is InChI=1S/C17H20N2O4/c1-5-16(20)23-14-7-6-12(9-15(14)22-4)8-13(10-18)17(21)19-11(2)3/h6-9,11H,5H2,1-4H3,(H,19,21)/b13-8+. The van der Waals surface area contributed by atoms with Crippen LogP contribution in [-0.2, 0) is 9.59 Å². The van der Waals surface area contributed by atoms with Crippen LogP contribution in [0.15, 0.2) is 23.8 Å². The first kappa shape index (κ1) is 18.2. The summed E-state index contributed by atoms with van der Waals surface area (Å²) in [4.78, 5) is 23.3. The summed E-state index contributed by atoms with van der Waals surface area (Å²) < 4.78 is 10.3. The van der Waals surface area contributed by atoms with E-state index in [4.69, 9.17) is 14.7 Å². The Kier molecular flexibility index (Phi) is 6.81. The van der Waals surface area contributed by atoms with E-state index in [0.717, 1.165) is 0 Å². The molecule has 122 valence electrons. The highest BCUT2D eigenvalue weighted by molar-refractivity contribution is 6.01. The highest BCUT2D eigenvalue weighted by Crippen LogP contribution is 2.29. The molecule has 1 amide bonds. The summed E-state index contributed by atoms with van der Waals surface area (Å²) in [6, 6.07) is 6.61. The number of nitrogens with zero attached hydrogens (tertiary/aromatic N) is 1. The van der Waals surface area contributed by atoms with Crippen molar-refractivity contribution >= 4 is 18.0 Å². The number of nitrogens with one attached hydrogen (secondary N) is 1. The molecule has 0 spiro atoms. The largest absolute Gasteiger partial charge is 0.493 e. The molecule has 1 N–H and O–H groups in total. The molecular weight excluding hydrogens is 296 g/mol. The van der Waals surface area contributed by atoms with Crippen LogP contribution >= 0.6 is 0 Å². The maximum absolute atomic E-state index is 11.9. The van der Waals surface area contributed by atoms with E-state index in [2.05, 4.69) is 5.32 Å². The highest BCUT2D eigenvalue weighted by Gasteiger charge is 2.12. The van der Waals surface area contributed by atoms with Gasteiger partial charge in [-0.15, -0.1) is 0 Å². The number of carbonyl (C=O) groups excluding carboxylic acids is 2. The fourth-order valence-electron chi connectivity index (χ4n) is 1.71. The summed E-state index contributed by atoms with van der Waals surface area (Å²) >= 11 is 0. The molecule has 0 aliphatic rings. The van der Waals surface area contributed by atoms with Crippen molar-refractivity contribution in [3.63, 3.8) is 0 Å². The minimum Gasteiger partial charge on any atom is -0.493 e. The number of ether oxygens (including phenoxy) is 2. The normalized spacial score (nSPS) is 10.9. The van der Waals surface area contributed by atoms with Crippen LogP contribution < -0.4 is 14.8 Å². The lowest BCUT2D eigenvalue weighted by atomic mass is 10.1. The predicted octanol–water partition coefficient (Wildman–Crippen LogP) is 2.44. The number of nitriles is 1. The van der Waals surface area contributed by atoms with Crippen LogP contribution in [0.1, 0.15) is 32.8 Å². The number of hydrogen-bond acceptors (Lipinski definition) is 5. The Bertz CT molecular complexity index is 657. The molecule has 0 heterocycles. The summed E-state index contributed by atoms with van der Waals surface area (Å²) in [5.74, 6) is -0.174. The van der Waals surface area contributed by atoms with Gasteiger partial charge in [-0.25, -0.2) is 0 Å². The molecule has 6 heteroatoms. The van der Waals surface area contributed by atoms with Crippen LogP contribution in [0.25, 0.3) is 6.08 Å². The maximum atomic E-state index is 11.9. The smallest absolute Gasteiger partial charge is 0.311 e. The monoisotopic (exact) mass is 316 g/mol. The second-order valence-corrected chi connectivity index (χ2v) is 5.04. The van der Waals surface area contributed by atoms with Gasteiger partial charge in [0.2, 0.25) is 0 Å². The van der Waals surface area contributed by atoms with E-state index in [1.807, 2.05) is 19.9 Å². The van der Waals surface area contributed by atoms with E-state index in [1.54, 1.807) is 25.1 Å². The first-order valence-electron chi connectivity index (χ1n) is 7.22. The van der Waals surface area contributed by atoms with Gasteiger partial charge in [-0.2, -0.15) is 5.26 Å². The molecule has 1 aromatic carbocycles. The predicted molar refractivity (Wildman–Crippen MR) is 85.8 cm³/mol. The zero-order valence-corrected chi connectivity index (χ0v) is 13.7. The van der Waals surface area contributed by atoms with Gasteiger partial charge >= 0.3 is 5.97 Å². The van der Waals surface area contributed by atoms with Crippen molar-refractivity contribution in [1.29, 1.82) is 5.26 Å². The van der Waals surface area contributed by atoms with Crippen LogP contribution in [0.3, 0.4) is 0 Å². The summed E-state index contributed by atoms with van der Waals surface area (Å²) in [5, 5.41) is 11.8. The number of amides is 1. The molecule has 1 aromatic rings. The molecule has 0 saturated carbocycles. The van der Waals surface area contributed by atoms with Gasteiger partial charge in [0.15, 0.2) is 11.5 Å². The minimum absolute atomic E-state index is 0.0148. The average molecular weight is 316 g/mol. The summed E-state index contributed by atoms with van der Waals surface area (Å²) in [5.41, 5.74) is 0.577. The zero-order valence-electron chi connectivity index (χ0n) is 13.7. The average Bonchev–Trinajstić information content (AvgIpc) is 2.52. The molecule has 0 atom stereocenters. The molecule has 0 saturated heterocycles. The molecule has 1 rings (SSSR count). The molecule has 0 unspecified atom stereocenters. The van der Waals surface area contributed by atoms with Crippen molar-refractivity contribution in [2.45, 2.75) is 33.2 Å². The lowest BCUT2D eigenvalue weighted by Crippen LogP contribution is -2.30. The third-order valence-electron chi connectivity index (χ3n) is 2.80. The van der Waals surface area contributed by atoms with E-state index in [-0.39, 0.29) is 24.0 Å². The number of methoxy groups -OCH3 is 1. The Balaban J connectivity index is 3.09. The fraction of sp³-hybridized carbons (Fsp3) is 0.353. The zero-order chi connectivity index (χ0) is 17.4. The molecule has 23 heavy (non-hydrogen) atoms. The van der Waals surface area contributed by atoms with Crippen LogP contribution in [0.2, 0.25) is 0 Å². The second-order valence-electron chi connectivity index (χ2n) is 5.04. The Morgan fingerprint density at radius 1 is 1.35 bits per heavy atom. The highest BCUT2D eigenvalue weighted by atomic mass is 16.6. The minimum atomic E-state index is -0.442. The number of benzene rings is 1. The van der Waals surface area contributed by atoms with Crippen molar-refractivity contribution in [2.75, 3.05) is 7.11 Å². The summed E-state index contributed by atoms with van der Waals surface area (Å²) in [6.07, 6.45) is 1.70. The lowest BCUT2D eigenvalue weighted by Gasteiger charge is -2.10. The van der Waals surface area contributed by atoms with E-state index >= 15 is 0 Å². The van der Waals surface area contributed by atoms with E-state index in [9.17, 15) is 9.59 Å². The number of carbonyl (C=O) groups is 2. The second kappa shape index (κ2) is 8.59. The fourth-order valence-corrected chi connectivity index (χ4v) is 1.71. The summed E-state index contributed by atoms with van der Waals surface area (Å²) in [6.45, 7) is 5.32. The number of hydrogen-bond donors (Lipinski definition) is 1. The van der Waals surface area contributed by atoms with E-state index in [0.29, 0.717) is 17.1 Å². The van der Waals surface area contributed by atoms with E-state index < -0.39 is 5.91 Å². The first-order chi connectivity index (χ1) is 10.9. The van der Waals surface area contributed by atoms with Gasteiger partial charge in [-0.3, -0.25) is 9.59 Å². The molecule has 0 bridgehead atoms. The van der Waals surface area contributed by atoms with Gasteiger partial charge in [0.05, 0.1) is 7.11 Å². The van der Waals surface area contributed by atoms with Crippen LogP contribution in [-0.4, -0.2) is 25.0 Å². The Hall–Kier alpha value is -2.81. The molecule has 6 nitrogen and oxygen atoms in total. The topological polar surface area (TPSA) is 88.4 Å². The Morgan fingerprint density at radius 3 is 2.57 bits per heavy atom. The summed E-state index contributed by atoms with van der Waals surface area (Å²) in [7, 11) is 1.45.